The minimum absolute atomic E-state index is 0.101. The zero-order valence-electron chi connectivity index (χ0n) is 16.4. The number of hydrogen-bond donors (Lipinski definition) is 1. The molecule has 2 heterocycles. The molecule has 10 heteroatoms. The third-order valence-corrected chi connectivity index (χ3v) is 6.20. The first-order valence-corrected chi connectivity index (χ1v) is 10.4. The topological polar surface area (TPSA) is 107 Å². The first kappa shape index (κ1) is 20.7. The number of nitrogens with zero attached hydrogens (tertiary/aromatic N) is 3. The highest BCUT2D eigenvalue weighted by Gasteiger charge is 2.35. The fourth-order valence-corrected chi connectivity index (χ4v) is 4.59. The van der Waals surface area contributed by atoms with Crippen LogP contribution in [0.25, 0.3) is 0 Å². The standard InChI is InChI=1S/C21H17FN4O4S/c1-25-19-18(20(28)24-21(25)31-11-12-6-2-4-8-15(12)22)14(10-17(27)23-19)13-7-3-5-9-16(13)26(29)30/h2-9,14H,10-11H2,1H3,(H,23,27). The smallest absolute Gasteiger partial charge is 0.279 e. The Morgan fingerprint density at radius 3 is 2.68 bits per heavy atom. The average molecular weight is 440 g/mol. The number of aromatic nitrogens is 2. The Kier molecular flexibility index (Phi) is 5.55. The van der Waals surface area contributed by atoms with Gasteiger partial charge in [0.2, 0.25) is 5.91 Å². The lowest BCUT2D eigenvalue weighted by Gasteiger charge is -2.27. The van der Waals surface area contributed by atoms with Crippen molar-refractivity contribution in [3.05, 3.63) is 91.5 Å². The van der Waals surface area contributed by atoms with E-state index in [2.05, 4.69) is 10.3 Å². The van der Waals surface area contributed by atoms with Crippen molar-refractivity contribution in [3.63, 3.8) is 0 Å². The molecular weight excluding hydrogens is 423 g/mol. The molecule has 0 bridgehead atoms. The van der Waals surface area contributed by atoms with E-state index < -0.39 is 16.4 Å². The SMILES string of the molecule is Cn1c(SCc2ccccc2F)nc(=O)c2c1NC(=O)CC2c1ccccc1[N+](=O)[O-]. The number of nitro groups is 1. The van der Waals surface area contributed by atoms with E-state index in [-0.39, 0.29) is 46.5 Å². The molecule has 31 heavy (non-hydrogen) atoms. The Balaban J connectivity index is 1.77. The van der Waals surface area contributed by atoms with Gasteiger partial charge in [0.25, 0.3) is 11.2 Å². The molecule has 1 aromatic heterocycles. The van der Waals surface area contributed by atoms with Crippen molar-refractivity contribution in [1.29, 1.82) is 0 Å². The van der Waals surface area contributed by atoms with Gasteiger partial charge in [-0.25, -0.2) is 4.39 Å². The largest absolute Gasteiger partial charge is 0.312 e. The van der Waals surface area contributed by atoms with Crippen LogP contribution in [0, 0.1) is 15.9 Å². The van der Waals surface area contributed by atoms with Gasteiger partial charge in [0.15, 0.2) is 5.16 Å². The van der Waals surface area contributed by atoms with Gasteiger partial charge in [0, 0.05) is 36.8 Å². The second-order valence-corrected chi connectivity index (χ2v) is 7.96. The van der Waals surface area contributed by atoms with Crippen LogP contribution in [0.3, 0.4) is 0 Å². The highest BCUT2D eigenvalue weighted by atomic mass is 32.2. The number of nitro benzene ring substituents is 1. The van der Waals surface area contributed by atoms with E-state index in [0.717, 1.165) is 11.8 Å². The second kappa shape index (κ2) is 8.31. The third kappa shape index (κ3) is 3.93. The van der Waals surface area contributed by atoms with Gasteiger partial charge in [-0.3, -0.25) is 19.7 Å². The Bertz CT molecular complexity index is 1260. The summed E-state index contributed by atoms with van der Waals surface area (Å²) in [5.41, 5.74) is 0.211. The second-order valence-electron chi connectivity index (χ2n) is 7.02. The summed E-state index contributed by atoms with van der Waals surface area (Å²) in [5, 5.41) is 14.5. The molecule has 0 fully saturated rings. The molecule has 0 aliphatic carbocycles. The minimum Gasteiger partial charge on any atom is -0.312 e. The van der Waals surface area contributed by atoms with Gasteiger partial charge in [0.1, 0.15) is 11.6 Å². The zero-order valence-corrected chi connectivity index (χ0v) is 17.2. The number of thioether (sulfide) groups is 1. The van der Waals surface area contributed by atoms with Crippen LogP contribution in [-0.4, -0.2) is 20.4 Å². The number of benzene rings is 2. The lowest BCUT2D eigenvalue weighted by molar-refractivity contribution is -0.385. The maximum Gasteiger partial charge on any atom is 0.279 e. The van der Waals surface area contributed by atoms with Gasteiger partial charge in [-0.1, -0.05) is 48.2 Å². The van der Waals surface area contributed by atoms with Crippen LogP contribution in [-0.2, 0) is 17.6 Å². The molecule has 1 amide bonds. The predicted molar refractivity (Wildman–Crippen MR) is 114 cm³/mol. The fourth-order valence-electron chi connectivity index (χ4n) is 3.64. The monoisotopic (exact) mass is 440 g/mol. The van der Waals surface area contributed by atoms with E-state index >= 15 is 0 Å². The van der Waals surface area contributed by atoms with Crippen LogP contribution < -0.4 is 10.9 Å². The lowest BCUT2D eigenvalue weighted by Crippen LogP contribution is -2.33. The number of amides is 1. The minimum atomic E-state index is -0.790. The summed E-state index contributed by atoms with van der Waals surface area (Å²) in [5.74, 6) is -1.02. The molecule has 0 saturated carbocycles. The molecule has 2 aromatic carbocycles. The van der Waals surface area contributed by atoms with Gasteiger partial charge in [-0.2, -0.15) is 4.98 Å². The number of halogens is 1. The molecule has 1 aliphatic rings. The van der Waals surface area contributed by atoms with Crippen LogP contribution in [0.5, 0.6) is 0 Å². The van der Waals surface area contributed by atoms with E-state index in [1.54, 1.807) is 41.9 Å². The molecule has 1 unspecified atom stereocenters. The van der Waals surface area contributed by atoms with E-state index in [4.69, 9.17) is 0 Å². The summed E-state index contributed by atoms with van der Waals surface area (Å²) >= 11 is 1.16. The Labute approximate surface area is 180 Å². The summed E-state index contributed by atoms with van der Waals surface area (Å²) in [7, 11) is 1.64. The maximum atomic E-state index is 13.9. The van der Waals surface area contributed by atoms with E-state index in [9.17, 15) is 24.1 Å². The molecule has 1 N–H and O–H groups in total. The Morgan fingerprint density at radius 1 is 1.23 bits per heavy atom. The summed E-state index contributed by atoms with van der Waals surface area (Å²) in [6.07, 6.45) is -0.101. The van der Waals surface area contributed by atoms with E-state index in [1.807, 2.05) is 0 Å². The molecule has 0 saturated heterocycles. The van der Waals surface area contributed by atoms with Crippen molar-refractivity contribution in [2.24, 2.45) is 7.05 Å². The number of fused-ring (bicyclic) bond motifs is 1. The normalized spacial score (nSPS) is 15.3. The molecule has 1 aliphatic heterocycles. The number of para-hydroxylation sites is 1. The van der Waals surface area contributed by atoms with Crippen molar-refractivity contribution in [2.75, 3.05) is 5.32 Å². The van der Waals surface area contributed by atoms with Crippen molar-refractivity contribution in [1.82, 2.24) is 9.55 Å². The summed E-state index contributed by atoms with van der Waals surface area (Å²) in [6, 6.07) is 12.4. The fraction of sp³-hybridized carbons (Fsp3) is 0.190. The number of anilines is 1. The van der Waals surface area contributed by atoms with Crippen molar-refractivity contribution in [3.8, 4) is 0 Å². The van der Waals surface area contributed by atoms with Gasteiger partial charge in [-0.05, 0) is 11.6 Å². The number of nitrogens with one attached hydrogen (secondary N) is 1. The summed E-state index contributed by atoms with van der Waals surface area (Å²) in [6.45, 7) is 0. The predicted octanol–water partition coefficient (Wildman–Crippen LogP) is 3.59. The van der Waals surface area contributed by atoms with Crippen molar-refractivity contribution in [2.45, 2.75) is 23.2 Å². The van der Waals surface area contributed by atoms with Crippen LogP contribution in [0.1, 0.15) is 29.0 Å². The quantitative estimate of drug-likeness (QED) is 0.281. The first-order chi connectivity index (χ1) is 14.9. The summed E-state index contributed by atoms with van der Waals surface area (Å²) < 4.78 is 15.5. The molecule has 158 valence electrons. The van der Waals surface area contributed by atoms with Crippen LogP contribution in [0.2, 0.25) is 0 Å². The number of carbonyl (C=O) groups is 1. The van der Waals surface area contributed by atoms with Gasteiger partial charge in [0.05, 0.1) is 10.5 Å². The number of rotatable bonds is 5. The Hall–Kier alpha value is -3.53. The first-order valence-electron chi connectivity index (χ1n) is 9.37. The van der Waals surface area contributed by atoms with Crippen molar-refractivity contribution >= 4 is 29.2 Å². The van der Waals surface area contributed by atoms with Crippen LogP contribution in [0.4, 0.5) is 15.9 Å². The van der Waals surface area contributed by atoms with Crippen LogP contribution in [0.15, 0.2) is 58.5 Å². The maximum absolute atomic E-state index is 13.9. The van der Waals surface area contributed by atoms with E-state index in [1.165, 1.54) is 18.2 Å². The molecule has 0 spiro atoms. The molecule has 1 atom stereocenters. The molecular formula is C21H17FN4O4S. The van der Waals surface area contributed by atoms with E-state index in [0.29, 0.717) is 10.7 Å². The molecule has 8 nitrogen and oxygen atoms in total. The highest BCUT2D eigenvalue weighted by Crippen LogP contribution is 2.39. The van der Waals surface area contributed by atoms with Gasteiger partial charge in [-0.15, -0.1) is 0 Å². The summed E-state index contributed by atoms with van der Waals surface area (Å²) in [4.78, 5) is 40.5. The zero-order chi connectivity index (χ0) is 22.1. The highest BCUT2D eigenvalue weighted by molar-refractivity contribution is 7.98. The average Bonchev–Trinajstić information content (AvgIpc) is 2.75. The van der Waals surface area contributed by atoms with Gasteiger partial charge >= 0.3 is 0 Å². The number of hydrogen-bond acceptors (Lipinski definition) is 6. The number of carbonyl (C=O) groups excluding carboxylic acids is 1. The molecule has 3 aromatic rings. The van der Waals surface area contributed by atoms with Crippen molar-refractivity contribution < 1.29 is 14.1 Å². The Morgan fingerprint density at radius 2 is 1.94 bits per heavy atom. The molecule has 0 radical (unpaired) electrons. The van der Waals surface area contributed by atoms with Gasteiger partial charge < -0.3 is 9.88 Å². The lowest BCUT2D eigenvalue weighted by atomic mass is 9.86. The van der Waals surface area contributed by atoms with Crippen LogP contribution >= 0.6 is 11.8 Å². The molecule has 4 rings (SSSR count). The third-order valence-electron chi connectivity index (χ3n) is 5.12.